The molecule has 96 valence electrons. The molecule has 1 aliphatic heterocycles. The Hall–Kier alpha value is -1.00. The topological polar surface area (TPSA) is 59.5 Å². The van der Waals surface area contributed by atoms with Crippen LogP contribution in [-0.2, 0) is 0 Å². The van der Waals surface area contributed by atoms with Crippen molar-refractivity contribution in [3.8, 4) is 0 Å². The minimum atomic E-state index is 0. The molecule has 5 heteroatoms. The Bertz CT molecular complexity index is 405. The van der Waals surface area contributed by atoms with Crippen LogP contribution in [0.15, 0.2) is 16.7 Å². The number of hydrogen-bond donors (Lipinski definition) is 1. The number of carbonyl (C=O) groups excluding carboxylic acids is 1. The summed E-state index contributed by atoms with van der Waals surface area (Å²) in [6.07, 6.45) is 2.53. The first-order chi connectivity index (χ1) is 7.56. The quantitative estimate of drug-likeness (QED) is 0.880. The van der Waals surface area contributed by atoms with Gasteiger partial charge in [0.2, 0.25) is 0 Å². The maximum absolute atomic E-state index is 12.2. The highest BCUT2D eigenvalue weighted by molar-refractivity contribution is 5.95. The van der Waals surface area contributed by atoms with Gasteiger partial charge in [0.25, 0.3) is 5.91 Å². The largest absolute Gasteiger partial charge is 0.469 e. The average molecular weight is 259 g/mol. The Morgan fingerprint density at radius 2 is 2.35 bits per heavy atom. The number of nitrogens with two attached hydrogens (primary N) is 1. The van der Waals surface area contributed by atoms with Gasteiger partial charge in [0.15, 0.2) is 0 Å². The third-order valence-electron chi connectivity index (χ3n) is 3.43. The summed E-state index contributed by atoms with van der Waals surface area (Å²) >= 11 is 0. The smallest absolute Gasteiger partial charge is 0.257 e. The maximum Gasteiger partial charge on any atom is 0.257 e. The fourth-order valence-electron chi connectivity index (χ4n) is 2.14. The van der Waals surface area contributed by atoms with Gasteiger partial charge in [-0.3, -0.25) is 4.79 Å². The van der Waals surface area contributed by atoms with Gasteiger partial charge in [0.05, 0.1) is 11.8 Å². The van der Waals surface area contributed by atoms with Crippen LogP contribution in [0.4, 0.5) is 0 Å². The second-order valence-corrected chi connectivity index (χ2v) is 4.88. The molecule has 0 aromatic carbocycles. The van der Waals surface area contributed by atoms with E-state index in [1.165, 1.54) is 0 Å². The van der Waals surface area contributed by atoms with Crippen molar-refractivity contribution in [2.75, 3.05) is 19.6 Å². The second kappa shape index (κ2) is 5.10. The lowest BCUT2D eigenvalue weighted by Crippen LogP contribution is -2.34. The number of aryl methyl sites for hydroxylation is 1. The summed E-state index contributed by atoms with van der Waals surface area (Å²) < 4.78 is 5.15. The summed E-state index contributed by atoms with van der Waals surface area (Å²) in [5.74, 6) is 0.745. The summed E-state index contributed by atoms with van der Waals surface area (Å²) in [4.78, 5) is 14.0. The standard InChI is InChI=1S/C12H18N2O2.ClH/c1-9-10(3-6-16-9)11(15)14-5-4-12(2,7-13)8-14;/h3,6H,4-5,7-8,13H2,1-2H3;1H. The van der Waals surface area contributed by atoms with Crippen molar-refractivity contribution in [1.82, 2.24) is 4.90 Å². The molecule has 0 radical (unpaired) electrons. The molecule has 0 bridgehead atoms. The summed E-state index contributed by atoms with van der Waals surface area (Å²) in [5, 5.41) is 0. The van der Waals surface area contributed by atoms with E-state index in [1.54, 1.807) is 12.3 Å². The highest BCUT2D eigenvalue weighted by atomic mass is 35.5. The molecular weight excluding hydrogens is 240 g/mol. The van der Waals surface area contributed by atoms with Gasteiger partial charge >= 0.3 is 0 Å². The van der Waals surface area contributed by atoms with Gasteiger partial charge in [-0.15, -0.1) is 12.4 Å². The van der Waals surface area contributed by atoms with Crippen molar-refractivity contribution in [3.05, 3.63) is 23.7 Å². The molecule has 2 rings (SSSR count). The summed E-state index contributed by atoms with van der Waals surface area (Å²) in [6.45, 7) is 6.10. The number of furan rings is 1. The molecule has 17 heavy (non-hydrogen) atoms. The fourth-order valence-corrected chi connectivity index (χ4v) is 2.14. The first kappa shape index (κ1) is 14.1. The molecule has 0 saturated carbocycles. The summed E-state index contributed by atoms with van der Waals surface area (Å²) in [6, 6.07) is 1.73. The predicted octanol–water partition coefficient (Wildman–Crippen LogP) is 1.82. The number of amides is 1. The van der Waals surface area contributed by atoms with E-state index in [9.17, 15) is 4.79 Å². The fraction of sp³-hybridized carbons (Fsp3) is 0.583. The zero-order valence-electron chi connectivity index (χ0n) is 10.2. The third-order valence-corrected chi connectivity index (χ3v) is 3.43. The van der Waals surface area contributed by atoms with Crippen LogP contribution in [0.2, 0.25) is 0 Å². The minimum Gasteiger partial charge on any atom is -0.469 e. The molecule has 1 saturated heterocycles. The van der Waals surface area contributed by atoms with Crippen molar-refractivity contribution >= 4 is 18.3 Å². The molecule has 0 aliphatic carbocycles. The molecule has 4 nitrogen and oxygen atoms in total. The second-order valence-electron chi connectivity index (χ2n) is 4.88. The van der Waals surface area contributed by atoms with Crippen LogP contribution in [0.25, 0.3) is 0 Å². The van der Waals surface area contributed by atoms with Crippen molar-refractivity contribution in [2.24, 2.45) is 11.1 Å². The van der Waals surface area contributed by atoms with E-state index in [2.05, 4.69) is 6.92 Å². The van der Waals surface area contributed by atoms with Crippen LogP contribution in [0.3, 0.4) is 0 Å². The van der Waals surface area contributed by atoms with Gasteiger partial charge in [-0.05, 0) is 31.4 Å². The Morgan fingerprint density at radius 3 is 2.82 bits per heavy atom. The van der Waals surface area contributed by atoms with Gasteiger partial charge in [0, 0.05) is 13.1 Å². The molecule has 1 amide bonds. The third kappa shape index (κ3) is 2.64. The monoisotopic (exact) mass is 258 g/mol. The zero-order valence-corrected chi connectivity index (χ0v) is 11.0. The van der Waals surface area contributed by atoms with Crippen LogP contribution < -0.4 is 5.73 Å². The first-order valence-electron chi connectivity index (χ1n) is 5.59. The highest BCUT2D eigenvalue weighted by Crippen LogP contribution is 2.29. The van der Waals surface area contributed by atoms with Gasteiger partial charge in [-0.25, -0.2) is 0 Å². The lowest BCUT2D eigenvalue weighted by Gasteiger charge is -2.22. The van der Waals surface area contributed by atoms with E-state index in [0.29, 0.717) is 17.9 Å². The molecule has 0 spiro atoms. The molecular formula is C12H19ClN2O2. The lowest BCUT2D eigenvalue weighted by molar-refractivity contribution is 0.0775. The summed E-state index contributed by atoms with van der Waals surface area (Å²) in [5.41, 5.74) is 6.47. The van der Waals surface area contributed by atoms with Crippen molar-refractivity contribution < 1.29 is 9.21 Å². The molecule has 1 fully saturated rings. The summed E-state index contributed by atoms with van der Waals surface area (Å²) in [7, 11) is 0. The highest BCUT2D eigenvalue weighted by Gasteiger charge is 2.35. The van der Waals surface area contributed by atoms with Crippen LogP contribution in [0, 0.1) is 12.3 Å². The van der Waals surface area contributed by atoms with E-state index in [-0.39, 0.29) is 23.7 Å². The van der Waals surface area contributed by atoms with E-state index in [4.69, 9.17) is 10.2 Å². The number of rotatable bonds is 2. The first-order valence-corrected chi connectivity index (χ1v) is 5.59. The molecule has 1 atom stereocenters. The molecule has 1 aromatic heterocycles. The van der Waals surface area contributed by atoms with E-state index >= 15 is 0 Å². The van der Waals surface area contributed by atoms with Gasteiger partial charge in [0.1, 0.15) is 5.76 Å². The molecule has 1 aromatic rings. The number of likely N-dealkylation sites (tertiary alicyclic amines) is 1. The van der Waals surface area contributed by atoms with Crippen LogP contribution in [0.5, 0.6) is 0 Å². The Morgan fingerprint density at radius 1 is 1.65 bits per heavy atom. The van der Waals surface area contributed by atoms with Crippen molar-refractivity contribution in [1.29, 1.82) is 0 Å². The Labute approximate surface area is 108 Å². The van der Waals surface area contributed by atoms with Gasteiger partial charge in [-0.2, -0.15) is 0 Å². The Balaban J connectivity index is 0.00000144. The van der Waals surface area contributed by atoms with Crippen molar-refractivity contribution in [3.63, 3.8) is 0 Å². The zero-order chi connectivity index (χ0) is 11.8. The van der Waals surface area contributed by atoms with E-state index in [1.807, 2.05) is 11.8 Å². The van der Waals surface area contributed by atoms with Crippen LogP contribution in [0.1, 0.15) is 29.5 Å². The number of nitrogens with zero attached hydrogens (tertiary/aromatic N) is 1. The minimum absolute atomic E-state index is 0. The SMILES string of the molecule is Cc1occc1C(=O)N1CCC(C)(CN)C1.Cl. The predicted molar refractivity (Wildman–Crippen MR) is 68.4 cm³/mol. The van der Waals surface area contributed by atoms with E-state index < -0.39 is 0 Å². The Kier molecular flexibility index (Phi) is 4.22. The molecule has 2 heterocycles. The van der Waals surface area contributed by atoms with E-state index in [0.717, 1.165) is 19.5 Å². The van der Waals surface area contributed by atoms with Gasteiger partial charge < -0.3 is 15.1 Å². The average Bonchev–Trinajstić information content (AvgIpc) is 2.85. The molecule has 1 aliphatic rings. The lowest BCUT2D eigenvalue weighted by atomic mass is 9.90. The number of halogens is 1. The van der Waals surface area contributed by atoms with Crippen LogP contribution >= 0.6 is 12.4 Å². The number of hydrogen-bond acceptors (Lipinski definition) is 3. The number of carbonyl (C=O) groups is 1. The van der Waals surface area contributed by atoms with Crippen molar-refractivity contribution in [2.45, 2.75) is 20.3 Å². The van der Waals surface area contributed by atoms with Crippen LogP contribution in [-0.4, -0.2) is 30.4 Å². The van der Waals surface area contributed by atoms with Gasteiger partial charge in [-0.1, -0.05) is 6.92 Å². The molecule has 2 N–H and O–H groups in total. The normalized spacial score (nSPS) is 23.6. The molecule has 1 unspecified atom stereocenters. The maximum atomic E-state index is 12.2.